The van der Waals surface area contributed by atoms with Gasteiger partial charge in [-0.05, 0) is 42.2 Å². The number of ether oxygens (including phenoxy) is 3. The molecule has 0 saturated carbocycles. The molecule has 9 nitrogen and oxygen atoms in total. The van der Waals surface area contributed by atoms with Gasteiger partial charge in [-0.1, -0.05) is 56.3 Å². The van der Waals surface area contributed by atoms with Crippen molar-refractivity contribution in [1.29, 1.82) is 0 Å². The number of methoxy groups -OCH3 is 1. The van der Waals surface area contributed by atoms with E-state index in [0.29, 0.717) is 11.3 Å². The lowest BCUT2D eigenvalue weighted by Crippen LogP contribution is -2.45. The van der Waals surface area contributed by atoms with Gasteiger partial charge in [-0.3, -0.25) is 9.59 Å². The predicted molar refractivity (Wildman–Crippen MR) is 154 cm³/mol. The highest BCUT2D eigenvalue weighted by Gasteiger charge is 2.27. The van der Waals surface area contributed by atoms with E-state index in [1.807, 2.05) is 30.3 Å². The van der Waals surface area contributed by atoms with Gasteiger partial charge in [0.05, 0.1) is 13.7 Å². The molecule has 10 heteroatoms. The van der Waals surface area contributed by atoms with E-state index < -0.39 is 36.4 Å². The van der Waals surface area contributed by atoms with E-state index in [4.69, 9.17) is 14.2 Å². The lowest BCUT2D eigenvalue weighted by Gasteiger charge is -2.20. The molecule has 2 N–H and O–H groups in total. The first-order valence-corrected chi connectivity index (χ1v) is 13.5. The molecule has 3 rings (SSSR count). The molecule has 0 aliphatic rings. The molecule has 1 heterocycles. The third-order valence-electron chi connectivity index (χ3n) is 5.72. The number of esters is 2. The van der Waals surface area contributed by atoms with Crippen molar-refractivity contribution >= 4 is 46.2 Å². The third kappa shape index (κ3) is 8.28. The summed E-state index contributed by atoms with van der Waals surface area (Å²) in [7, 11) is 1.57. The van der Waals surface area contributed by atoms with Crippen LogP contribution in [0.5, 0.6) is 5.75 Å². The molecule has 1 aromatic heterocycles. The molecule has 0 bridgehead atoms. The fourth-order valence-electron chi connectivity index (χ4n) is 3.66. The Kier molecular flexibility index (Phi) is 11.0. The second-order valence-corrected chi connectivity index (χ2v) is 9.81. The number of nitrogens with one attached hydrogen (secondary N) is 2. The summed E-state index contributed by atoms with van der Waals surface area (Å²) in [5.74, 6) is -2.04. The summed E-state index contributed by atoms with van der Waals surface area (Å²) in [5.41, 5.74) is 2.43. The first-order chi connectivity index (χ1) is 19.2. The minimum atomic E-state index is -0.970. The minimum Gasteiger partial charge on any atom is -0.497 e. The zero-order valence-electron chi connectivity index (χ0n) is 22.8. The second-order valence-electron chi connectivity index (χ2n) is 8.93. The average Bonchev–Trinajstić information content (AvgIpc) is 3.37. The topological polar surface area (TPSA) is 120 Å². The normalized spacial score (nSPS) is 11.6. The molecule has 0 radical (unpaired) electrons. The summed E-state index contributed by atoms with van der Waals surface area (Å²) >= 11 is 1.17. The van der Waals surface area contributed by atoms with Crippen LogP contribution in [0.25, 0.3) is 17.2 Å². The van der Waals surface area contributed by atoms with Gasteiger partial charge in [-0.2, -0.15) is 0 Å². The Morgan fingerprint density at radius 2 is 1.68 bits per heavy atom. The Bertz CT molecular complexity index is 1350. The molecule has 0 saturated heterocycles. The van der Waals surface area contributed by atoms with E-state index in [0.717, 1.165) is 11.1 Å². The molecule has 1 atom stereocenters. The highest BCUT2D eigenvalue weighted by Crippen LogP contribution is 2.36. The van der Waals surface area contributed by atoms with Crippen LogP contribution in [0.15, 0.2) is 66.1 Å². The number of carbonyl (C=O) groups excluding carboxylic acids is 4. The van der Waals surface area contributed by atoms with Crippen LogP contribution in [0.1, 0.15) is 36.7 Å². The zero-order valence-corrected chi connectivity index (χ0v) is 23.6. The van der Waals surface area contributed by atoms with Crippen LogP contribution in [0.2, 0.25) is 0 Å². The van der Waals surface area contributed by atoms with Crippen LogP contribution >= 0.6 is 11.3 Å². The molecule has 0 fully saturated rings. The van der Waals surface area contributed by atoms with Gasteiger partial charge >= 0.3 is 11.9 Å². The van der Waals surface area contributed by atoms with Gasteiger partial charge in [-0.15, -0.1) is 11.3 Å². The molecule has 0 aliphatic heterocycles. The molecule has 2 amide bonds. The third-order valence-corrected chi connectivity index (χ3v) is 6.61. The Balaban J connectivity index is 1.62. The summed E-state index contributed by atoms with van der Waals surface area (Å²) in [4.78, 5) is 50.6. The fraction of sp³-hybridized carbons (Fsp3) is 0.267. The van der Waals surface area contributed by atoms with Gasteiger partial charge in [0.15, 0.2) is 6.61 Å². The van der Waals surface area contributed by atoms with Crippen LogP contribution in [0.4, 0.5) is 5.00 Å². The lowest BCUT2D eigenvalue weighted by molar-refractivity contribution is -0.151. The number of hydrogen-bond donors (Lipinski definition) is 2. The van der Waals surface area contributed by atoms with Crippen molar-refractivity contribution in [2.45, 2.75) is 26.8 Å². The van der Waals surface area contributed by atoms with Crippen molar-refractivity contribution in [1.82, 2.24) is 5.32 Å². The smallest absolute Gasteiger partial charge is 0.341 e. The molecule has 0 aliphatic carbocycles. The van der Waals surface area contributed by atoms with Crippen molar-refractivity contribution in [3.8, 4) is 16.9 Å². The van der Waals surface area contributed by atoms with Crippen LogP contribution in [0.3, 0.4) is 0 Å². The maximum Gasteiger partial charge on any atom is 0.341 e. The molecular weight excluding hydrogens is 532 g/mol. The van der Waals surface area contributed by atoms with Gasteiger partial charge < -0.3 is 24.8 Å². The van der Waals surface area contributed by atoms with E-state index in [1.165, 1.54) is 17.4 Å². The van der Waals surface area contributed by atoms with Gasteiger partial charge in [-0.25, -0.2) is 9.59 Å². The maximum atomic E-state index is 12.7. The number of carbonyl (C=O) groups is 4. The van der Waals surface area contributed by atoms with E-state index >= 15 is 0 Å². The van der Waals surface area contributed by atoms with Crippen LogP contribution in [-0.2, 0) is 23.9 Å². The fourth-order valence-corrected chi connectivity index (χ4v) is 4.63. The highest BCUT2D eigenvalue weighted by molar-refractivity contribution is 7.15. The average molecular weight is 565 g/mol. The number of rotatable bonds is 12. The maximum absolute atomic E-state index is 12.7. The lowest BCUT2D eigenvalue weighted by atomic mass is 10.0. The highest BCUT2D eigenvalue weighted by atomic mass is 32.1. The van der Waals surface area contributed by atoms with Crippen molar-refractivity contribution < 1.29 is 33.4 Å². The van der Waals surface area contributed by atoms with E-state index in [-0.39, 0.29) is 23.1 Å². The Morgan fingerprint density at radius 1 is 0.975 bits per heavy atom. The summed E-state index contributed by atoms with van der Waals surface area (Å²) < 4.78 is 15.5. The Morgan fingerprint density at radius 3 is 2.30 bits per heavy atom. The number of thiophene rings is 1. The molecule has 0 spiro atoms. The SMILES string of the molecule is CCOC(=O)c1c(-c2ccccc2)csc1NC(=O)COC(=O)[C@@H](NC(=O)/C=C/c1ccc(OC)cc1)C(C)C. The molecule has 0 unspecified atom stereocenters. The predicted octanol–water partition coefficient (Wildman–Crippen LogP) is 4.94. The van der Waals surface area contributed by atoms with Gasteiger partial charge in [0, 0.05) is 17.0 Å². The van der Waals surface area contributed by atoms with Gasteiger partial charge in [0.2, 0.25) is 5.91 Å². The summed E-state index contributed by atoms with van der Waals surface area (Å²) in [5, 5.41) is 7.32. The molecular formula is C30H32N2O7S. The summed E-state index contributed by atoms with van der Waals surface area (Å²) in [6, 6.07) is 15.4. The monoisotopic (exact) mass is 564 g/mol. The first kappa shape index (κ1) is 30.1. The molecule has 3 aromatic rings. The van der Waals surface area contributed by atoms with Crippen LogP contribution < -0.4 is 15.4 Å². The second kappa shape index (κ2) is 14.6. The Labute approximate surface area is 237 Å². The van der Waals surface area contributed by atoms with Crippen LogP contribution in [-0.4, -0.2) is 50.1 Å². The summed E-state index contributed by atoms with van der Waals surface area (Å²) in [6.45, 7) is 4.78. The van der Waals surface area contributed by atoms with Gasteiger partial charge in [0.1, 0.15) is 22.4 Å². The van der Waals surface area contributed by atoms with E-state index in [9.17, 15) is 19.2 Å². The molecule has 210 valence electrons. The number of hydrogen-bond acceptors (Lipinski definition) is 8. The number of amides is 2. The molecule has 40 heavy (non-hydrogen) atoms. The van der Waals surface area contributed by atoms with E-state index in [1.54, 1.807) is 63.6 Å². The zero-order chi connectivity index (χ0) is 29.1. The minimum absolute atomic E-state index is 0.172. The summed E-state index contributed by atoms with van der Waals surface area (Å²) in [6.07, 6.45) is 2.92. The quantitative estimate of drug-likeness (QED) is 0.236. The standard InChI is InChI=1S/C30H32N2O7S/c1-5-38-29(35)26-23(21-9-7-6-8-10-21)18-40-28(26)32-25(34)17-39-30(36)27(19(2)3)31-24(33)16-13-20-11-14-22(37-4)15-12-20/h6-16,18-19,27H,5,17H2,1-4H3,(H,31,33)(H,32,34)/b16-13+/t27-/m0/s1. The van der Waals surface area contributed by atoms with Gasteiger partial charge in [0.25, 0.3) is 5.91 Å². The molecule has 2 aromatic carbocycles. The van der Waals surface area contributed by atoms with Crippen molar-refractivity contribution in [3.63, 3.8) is 0 Å². The van der Waals surface area contributed by atoms with Crippen molar-refractivity contribution in [2.75, 3.05) is 25.6 Å². The van der Waals surface area contributed by atoms with Crippen molar-refractivity contribution in [3.05, 3.63) is 77.2 Å². The van der Waals surface area contributed by atoms with E-state index in [2.05, 4.69) is 10.6 Å². The first-order valence-electron chi connectivity index (χ1n) is 12.7. The van der Waals surface area contributed by atoms with Crippen molar-refractivity contribution in [2.24, 2.45) is 5.92 Å². The number of anilines is 1. The van der Waals surface area contributed by atoms with Crippen LogP contribution in [0, 0.1) is 5.92 Å². The Hall–Kier alpha value is -4.44. The largest absolute Gasteiger partial charge is 0.497 e. The number of benzene rings is 2.